The number of hydrogen-bond donors (Lipinski definition) is 2. The van der Waals surface area contributed by atoms with E-state index in [4.69, 9.17) is 16.3 Å². The molecule has 2 N–H and O–H groups in total. The lowest BCUT2D eigenvalue weighted by Gasteiger charge is -2.13. The first-order valence-electron chi connectivity index (χ1n) is 9.15. The SMILES string of the molecule is COc1ccccc1CNC(=O)c1ccccc1NC(=O)c1ccc([N+](=O)[O-])cc1Cl. The Labute approximate surface area is 182 Å². The summed E-state index contributed by atoms with van der Waals surface area (Å²) in [5, 5.41) is 16.2. The summed E-state index contributed by atoms with van der Waals surface area (Å²) >= 11 is 6.03. The van der Waals surface area contributed by atoms with Crippen molar-refractivity contribution in [2.45, 2.75) is 6.54 Å². The summed E-state index contributed by atoms with van der Waals surface area (Å²) in [4.78, 5) is 35.6. The Hall–Kier alpha value is -3.91. The van der Waals surface area contributed by atoms with Gasteiger partial charge in [-0.1, -0.05) is 41.9 Å². The van der Waals surface area contributed by atoms with Crippen molar-refractivity contribution in [3.8, 4) is 5.75 Å². The Morgan fingerprint density at radius 1 is 1.00 bits per heavy atom. The topological polar surface area (TPSA) is 111 Å². The van der Waals surface area contributed by atoms with Gasteiger partial charge in [-0.05, 0) is 24.3 Å². The van der Waals surface area contributed by atoms with E-state index in [9.17, 15) is 19.7 Å². The lowest BCUT2D eigenvalue weighted by atomic mass is 10.1. The minimum absolute atomic E-state index is 0.0523. The predicted octanol–water partition coefficient (Wildman–Crippen LogP) is 4.44. The minimum atomic E-state index is -0.602. The molecule has 0 spiro atoms. The number of non-ortho nitro benzene ring substituents is 1. The zero-order valence-electron chi connectivity index (χ0n) is 16.4. The molecule has 0 heterocycles. The highest BCUT2D eigenvalue weighted by Gasteiger charge is 2.18. The summed E-state index contributed by atoms with van der Waals surface area (Å²) in [5.41, 5.74) is 1.16. The number of halogens is 1. The number of methoxy groups -OCH3 is 1. The van der Waals surface area contributed by atoms with Crippen LogP contribution >= 0.6 is 11.6 Å². The normalized spacial score (nSPS) is 10.3. The van der Waals surface area contributed by atoms with Gasteiger partial charge in [-0.25, -0.2) is 0 Å². The lowest BCUT2D eigenvalue weighted by Crippen LogP contribution is -2.25. The molecule has 9 heteroatoms. The summed E-state index contributed by atoms with van der Waals surface area (Å²) < 4.78 is 5.28. The molecule has 0 saturated carbocycles. The van der Waals surface area contributed by atoms with E-state index in [0.717, 1.165) is 11.6 Å². The average molecular weight is 440 g/mol. The molecule has 3 aromatic carbocycles. The lowest BCUT2D eigenvalue weighted by molar-refractivity contribution is -0.384. The third-order valence-electron chi connectivity index (χ3n) is 4.46. The van der Waals surface area contributed by atoms with Gasteiger partial charge in [-0.3, -0.25) is 19.7 Å². The molecule has 0 aliphatic rings. The van der Waals surface area contributed by atoms with Gasteiger partial charge in [-0.15, -0.1) is 0 Å². The van der Waals surface area contributed by atoms with Gasteiger partial charge >= 0.3 is 0 Å². The van der Waals surface area contributed by atoms with Crippen LogP contribution in [0.5, 0.6) is 5.75 Å². The molecule has 2 amide bonds. The van der Waals surface area contributed by atoms with Gasteiger partial charge in [0.05, 0.1) is 33.9 Å². The largest absolute Gasteiger partial charge is 0.496 e. The van der Waals surface area contributed by atoms with Crippen molar-refractivity contribution in [1.82, 2.24) is 5.32 Å². The van der Waals surface area contributed by atoms with Crippen LogP contribution < -0.4 is 15.4 Å². The van der Waals surface area contributed by atoms with Crippen molar-refractivity contribution >= 4 is 34.8 Å². The van der Waals surface area contributed by atoms with Crippen molar-refractivity contribution < 1.29 is 19.2 Å². The van der Waals surface area contributed by atoms with E-state index in [-0.39, 0.29) is 34.1 Å². The second-order valence-corrected chi connectivity index (χ2v) is 6.82. The molecular formula is C22H18ClN3O5. The maximum absolute atomic E-state index is 12.7. The number of carbonyl (C=O) groups is 2. The second kappa shape index (κ2) is 9.73. The number of amides is 2. The third-order valence-corrected chi connectivity index (χ3v) is 4.77. The van der Waals surface area contributed by atoms with Gasteiger partial charge < -0.3 is 15.4 Å². The fourth-order valence-electron chi connectivity index (χ4n) is 2.90. The molecule has 0 saturated heterocycles. The van der Waals surface area contributed by atoms with Gasteiger partial charge in [0.1, 0.15) is 5.75 Å². The van der Waals surface area contributed by atoms with E-state index in [0.29, 0.717) is 5.75 Å². The molecule has 0 aliphatic carbocycles. The highest BCUT2D eigenvalue weighted by molar-refractivity contribution is 6.34. The van der Waals surface area contributed by atoms with Crippen LogP contribution in [0.3, 0.4) is 0 Å². The molecule has 0 radical (unpaired) electrons. The summed E-state index contributed by atoms with van der Waals surface area (Å²) in [6.45, 7) is 0.235. The van der Waals surface area contributed by atoms with Crippen LogP contribution in [-0.4, -0.2) is 23.8 Å². The first-order valence-corrected chi connectivity index (χ1v) is 9.53. The smallest absolute Gasteiger partial charge is 0.270 e. The molecule has 0 bridgehead atoms. The maximum atomic E-state index is 12.7. The molecule has 0 fully saturated rings. The van der Waals surface area contributed by atoms with E-state index in [2.05, 4.69) is 10.6 Å². The summed E-state index contributed by atoms with van der Waals surface area (Å²) in [6, 6.07) is 17.4. The van der Waals surface area contributed by atoms with Crippen molar-refractivity contribution in [3.05, 3.63) is 98.6 Å². The number of para-hydroxylation sites is 2. The Bertz CT molecular complexity index is 1150. The zero-order chi connectivity index (χ0) is 22.4. The van der Waals surface area contributed by atoms with Gasteiger partial charge in [-0.2, -0.15) is 0 Å². The summed E-state index contributed by atoms with van der Waals surface area (Å²) in [7, 11) is 1.55. The van der Waals surface area contributed by atoms with Crippen LogP contribution in [0.1, 0.15) is 26.3 Å². The Kier molecular flexibility index (Phi) is 6.84. The van der Waals surface area contributed by atoms with Gasteiger partial charge in [0.15, 0.2) is 0 Å². The zero-order valence-corrected chi connectivity index (χ0v) is 17.2. The third kappa shape index (κ3) is 5.18. The fraction of sp³-hybridized carbons (Fsp3) is 0.0909. The average Bonchev–Trinajstić information content (AvgIpc) is 2.77. The van der Waals surface area contributed by atoms with Crippen molar-refractivity contribution in [1.29, 1.82) is 0 Å². The monoisotopic (exact) mass is 439 g/mol. The van der Waals surface area contributed by atoms with E-state index in [1.54, 1.807) is 37.4 Å². The minimum Gasteiger partial charge on any atom is -0.496 e. The number of benzene rings is 3. The number of nitro benzene ring substituents is 1. The first kappa shape index (κ1) is 21.8. The molecule has 158 valence electrons. The van der Waals surface area contributed by atoms with Gasteiger partial charge in [0, 0.05) is 24.2 Å². The van der Waals surface area contributed by atoms with E-state index < -0.39 is 16.7 Å². The molecule has 8 nitrogen and oxygen atoms in total. The molecule has 3 aromatic rings. The predicted molar refractivity (Wildman–Crippen MR) is 117 cm³/mol. The maximum Gasteiger partial charge on any atom is 0.270 e. The second-order valence-electron chi connectivity index (χ2n) is 6.42. The van der Waals surface area contributed by atoms with Crippen LogP contribution in [0, 0.1) is 10.1 Å². The molecular weight excluding hydrogens is 422 g/mol. The van der Waals surface area contributed by atoms with Crippen LogP contribution in [0.4, 0.5) is 11.4 Å². The van der Waals surface area contributed by atoms with Gasteiger partial charge in [0.2, 0.25) is 0 Å². The molecule has 3 rings (SSSR count). The number of rotatable bonds is 7. The highest BCUT2D eigenvalue weighted by Crippen LogP contribution is 2.24. The molecule has 0 unspecified atom stereocenters. The quantitative estimate of drug-likeness (QED) is 0.417. The van der Waals surface area contributed by atoms with Crippen LogP contribution in [0.15, 0.2) is 66.7 Å². The van der Waals surface area contributed by atoms with Crippen molar-refractivity contribution in [3.63, 3.8) is 0 Å². The van der Waals surface area contributed by atoms with E-state index >= 15 is 0 Å². The highest BCUT2D eigenvalue weighted by atomic mass is 35.5. The molecule has 0 atom stereocenters. The molecule has 0 aromatic heterocycles. The fourth-order valence-corrected chi connectivity index (χ4v) is 3.16. The van der Waals surface area contributed by atoms with Gasteiger partial charge in [0.25, 0.3) is 17.5 Å². The van der Waals surface area contributed by atoms with Crippen molar-refractivity contribution in [2.75, 3.05) is 12.4 Å². The standard InChI is InChI=1S/C22H18ClN3O5/c1-31-20-9-5-2-6-14(20)13-24-21(27)17-7-3-4-8-19(17)25-22(28)16-11-10-15(26(29)30)12-18(16)23/h2-12H,13H2,1H3,(H,24,27)(H,25,28). The van der Waals surface area contributed by atoms with E-state index in [1.807, 2.05) is 18.2 Å². The summed E-state index contributed by atoms with van der Waals surface area (Å²) in [6.07, 6.45) is 0. The number of nitrogens with one attached hydrogen (secondary N) is 2. The number of nitro groups is 1. The Balaban J connectivity index is 1.76. The number of anilines is 1. The number of hydrogen-bond acceptors (Lipinski definition) is 5. The molecule has 0 aliphatic heterocycles. The van der Waals surface area contributed by atoms with Crippen LogP contribution in [0.25, 0.3) is 0 Å². The molecule has 31 heavy (non-hydrogen) atoms. The number of nitrogens with zero attached hydrogens (tertiary/aromatic N) is 1. The van der Waals surface area contributed by atoms with E-state index in [1.165, 1.54) is 12.1 Å². The Morgan fingerprint density at radius 3 is 2.42 bits per heavy atom. The number of ether oxygens (including phenoxy) is 1. The van der Waals surface area contributed by atoms with Crippen LogP contribution in [-0.2, 0) is 6.54 Å². The van der Waals surface area contributed by atoms with Crippen LogP contribution in [0.2, 0.25) is 5.02 Å². The van der Waals surface area contributed by atoms with Crippen molar-refractivity contribution in [2.24, 2.45) is 0 Å². The number of carbonyl (C=O) groups excluding carboxylic acids is 2. The summed E-state index contributed by atoms with van der Waals surface area (Å²) in [5.74, 6) is -0.335. The Morgan fingerprint density at radius 2 is 1.71 bits per heavy atom. The first-order chi connectivity index (χ1) is 14.9.